The molecule has 2 heterocycles. The van der Waals surface area contributed by atoms with Crippen LogP contribution in [0.1, 0.15) is 29.6 Å². The van der Waals surface area contributed by atoms with Crippen molar-refractivity contribution < 1.29 is 9.53 Å². The van der Waals surface area contributed by atoms with E-state index in [1.807, 2.05) is 4.90 Å². The van der Waals surface area contributed by atoms with Gasteiger partial charge in [-0.3, -0.25) is 9.89 Å². The molecule has 1 saturated carbocycles. The SMILES string of the molecule is O=C(c1cn[nH]c1)N1CCOC(C2CCC2)C1. The van der Waals surface area contributed by atoms with Gasteiger partial charge in [0.1, 0.15) is 0 Å². The lowest BCUT2D eigenvalue weighted by Crippen LogP contribution is -2.49. The quantitative estimate of drug-likeness (QED) is 0.833. The van der Waals surface area contributed by atoms with Crippen molar-refractivity contribution in [2.24, 2.45) is 5.92 Å². The van der Waals surface area contributed by atoms with Crippen LogP contribution in [-0.4, -0.2) is 46.8 Å². The molecule has 1 aromatic rings. The third-order valence-electron chi connectivity index (χ3n) is 3.80. The van der Waals surface area contributed by atoms with Gasteiger partial charge < -0.3 is 9.64 Å². The highest BCUT2D eigenvalue weighted by Gasteiger charge is 2.33. The first-order chi connectivity index (χ1) is 8.34. The zero-order valence-electron chi connectivity index (χ0n) is 9.76. The lowest BCUT2D eigenvalue weighted by atomic mass is 9.80. The van der Waals surface area contributed by atoms with Gasteiger partial charge in [-0.05, 0) is 18.8 Å². The molecule has 0 radical (unpaired) electrons. The normalized spacial score (nSPS) is 25.6. The summed E-state index contributed by atoms with van der Waals surface area (Å²) in [7, 11) is 0. The second-order valence-electron chi connectivity index (χ2n) is 4.84. The average Bonchev–Trinajstić information content (AvgIpc) is 2.79. The summed E-state index contributed by atoms with van der Waals surface area (Å²) in [5.74, 6) is 0.723. The van der Waals surface area contributed by atoms with Crippen LogP contribution in [-0.2, 0) is 4.74 Å². The molecule has 1 N–H and O–H groups in total. The van der Waals surface area contributed by atoms with Crippen LogP contribution in [0, 0.1) is 5.92 Å². The number of nitrogens with one attached hydrogen (secondary N) is 1. The molecule has 3 rings (SSSR count). The molecule has 2 aliphatic rings. The molecule has 1 unspecified atom stereocenters. The van der Waals surface area contributed by atoms with Gasteiger partial charge in [-0.25, -0.2) is 0 Å². The summed E-state index contributed by atoms with van der Waals surface area (Å²) in [5, 5.41) is 6.49. The van der Waals surface area contributed by atoms with E-state index in [0.717, 1.165) is 6.54 Å². The van der Waals surface area contributed by atoms with E-state index in [2.05, 4.69) is 10.2 Å². The highest BCUT2D eigenvalue weighted by atomic mass is 16.5. The van der Waals surface area contributed by atoms with Crippen molar-refractivity contribution in [1.29, 1.82) is 0 Å². The molecule has 5 nitrogen and oxygen atoms in total. The Morgan fingerprint density at radius 1 is 1.53 bits per heavy atom. The van der Waals surface area contributed by atoms with Gasteiger partial charge in [0.15, 0.2) is 0 Å². The minimum absolute atomic E-state index is 0.0615. The molecule has 5 heteroatoms. The molecule has 1 amide bonds. The first-order valence-electron chi connectivity index (χ1n) is 6.24. The largest absolute Gasteiger partial charge is 0.374 e. The van der Waals surface area contributed by atoms with Gasteiger partial charge in [-0.1, -0.05) is 6.42 Å². The van der Waals surface area contributed by atoms with Crippen LogP contribution >= 0.6 is 0 Å². The molecule has 1 atom stereocenters. The van der Waals surface area contributed by atoms with E-state index >= 15 is 0 Å². The number of hydrogen-bond acceptors (Lipinski definition) is 3. The Balaban J connectivity index is 1.65. The fourth-order valence-corrected chi connectivity index (χ4v) is 2.51. The molecule has 17 heavy (non-hydrogen) atoms. The molecule has 1 saturated heterocycles. The van der Waals surface area contributed by atoms with Gasteiger partial charge in [-0.2, -0.15) is 5.10 Å². The van der Waals surface area contributed by atoms with Crippen molar-refractivity contribution in [2.45, 2.75) is 25.4 Å². The highest BCUT2D eigenvalue weighted by molar-refractivity contribution is 5.93. The second kappa shape index (κ2) is 4.49. The minimum Gasteiger partial charge on any atom is -0.374 e. The molecule has 92 valence electrons. The van der Waals surface area contributed by atoms with E-state index in [1.165, 1.54) is 19.3 Å². The first-order valence-corrected chi connectivity index (χ1v) is 6.24. The Kier molecular flexibility index (Phi) is 2.84. The molecule has 0 spiro atoms. The number of nitrogens with zero attached hydrogens (tertiary/aromatic N) is 2. The van der Waals surface area contributed by atoms with Gasteiger partial charge in [0.2, 0.25) is 0 Å². The Morgan fingerprint density at radius 3 is 3.06 bits per heavy atom. The van der Waals surface area contributed by atoms with Crippen LogP contribution in [0.3, 0.4) is 0 Å². The summed E-state index contributed by atoms with van der Waals surface area (Å²) >= 11 is 0. The van der Waals surface area contributed by atoms with Crippen LogP contribution in [0.25, 0.3) is 0 Å². The predicted molar refractivity (Wildman–Crippen MR) is 61.6 cm³/mol. The maximum absolute atomic E-state index is 12.1. The Hall–Kier alpha value is -1.36. The number of carbonyl (C=O) groups is 1. The van der Waals surface area contributed by atoms with Crippen molar-refractivity contribution in [3.8, 4) is 0 Å². The van der Waals surface area contributed by atoms with Crippen molar-refractivity contribution in [3.05, 3.63) is 18.0 Å². The maximum atomic E-state index is 12.1. The third-order valence-corrected chi connectivity index (χ3v) is 3.80. The van der Waals surface area contributed by atoms with Gasteiger partial charge in [-0.15, -0.1) is 0 Å². The summed E-state index contributed by atoms with van der Waals surface area (Å²) in [5.41, 5.74) is 0.638. The number of hydrogen-bond donors (Lipinski definition) is 1. The maximum Gasteiger partial charge on any atom is 0.257 e. The third kappa shape index (κ3) is 2.07. The van der Waals surface area contributed by atoms with Crippen LogP contribution < -0.4 is 0 Å². The second-order valence-corrected chi connectivity index (χ2v) is 4.84. The number of ether oxygens (including phenoxy) is 1. The predicted octanol–water partition coefficient (Wildman–Crippen LogP) is 1.05. The summed E-state index contributed by atoms with van der Waals surface area (Å²) in [6.45, 7) is 2.08. The van der Waals surface area contributed by atoms with E-state index in [4.69, 9.17) is 4.74 Å². The number of rotatable bonds is 2. The number of morpholine rings is 1. The topological polar surface area (TPSA) is 58.2 Å². The summed E-state index contributed by atoms with van der Waals surface area (Å²) in [6, 6.07) is 0. The molecule has 1 aliphatic heterocycles. The van der Waals surface area contributed by atoms with Crippen LogP contribution in [0.4, 0.5) is 0 Å². The molecular formula is C12H17N3O2. The average molecular weight is 235 g/mol. The zero-order valence-corrected chi connectivity index (χ0v) is 9.76. The van der Waals surface area contributed by atoms with Crippen molar-refractivity contribution in [3.63, 3.8) is 0 Å². The number of carbonyl (C=O) groups excluding carboxylic acids is 1. The van der Waals surface area contributed by atoms with Crippen LogP contribution in [0.2, 0.25) is 0 Å². The Bertz CT molecular complexity index is 386. The lowest BCUT2D eigenvalue weighted by molar-refractivity contribution is -0.0659. The van der Waals surface area contributed by atoms with E-state index in [9.17, 15) is 4.79 Å². The van der Waals surface area contributed by atoms with Crippen LogP contribution in [0.15, 0.2) is 12.4 Å². The van der Waals surface area contributed by atoms with Gasteiger partial charge >= 0.3 is 0 Å². The first kappa shape index (κ1) is 10.8. The fraction of sp³-hybridized carbons (Fsp3) is 0.667. The molecule has 0 bridgehead atoms. The molecule has 2 fully saturated rings. The van der Waals surface area contributed by atoms with Crippen molar-refractivity contribution >= 4 is 5.91 Å². The fourth-order valence-electron chi connectivity index (χ4n) is 2.51. The Morgan fingerprint density at radius 2 is 2.41 bits per heavy atom. The minimum atomic E-state index is 0.0615. The van der Waals surface area contributed by atoms with Gasteiger partial charge in [0.25, 0.3) is 5.91 Å². The summed E-state index contributed by atoms with van der Waals surface area (Å²) in [6.07, 6.45) is 7.27. The van der Waals surface area contributed by atoms with Crippen molar-refractivity contribution in [1.82, 2.24) is 15.1 Å². The monoisotopic (exact) mass is 235 g/mol. The van der Waals surface area contributed by atoms with Crippen LogP contribution in [0.5, 0.6) is 0 Å². The Labute approximate surface area is 100 Å². The molecule has 0 aromatic carbocycles. The highest BCUT2D eigenvalue weighted by Crippen LogP contribution is 2.32. The van der Waals surface area contributed by atoms with E-state index in [0.29, 0.717) is 24.6 Å². The number of amides is 1. The van der Waals surface area contributed by atoms with E-state index in [-0.39, 0.29) is 12.0 Å². The number of aromatic amines is 1. The molecule has 1 aliphatic carbocycles. The standard InChI is InChI=1S/C12H17N3O2/c16-12(10-6-13-14-7-10)15-4-5-17-11(8-15)9-2-1-3-9/h6-7,9,11H,1-5,8H2,(H,13,14). The number of aromatic nitrogens is 2. The van der Waals surface area contributed by atoms with Gasteiger partial charge in [0.05, 0.1) is 24.5 Å². The molecule has 1 aromatic heterocycles. The zero-order chi connectivity index (χ0) is 11.7. The van der Waals surface area contributed by atoms with Gasteiger partial charge in [0, 0.05) is 19.3 Å². The van der Waals surface area contributed by atoms with E-state index < -0.39 is 0 Å². The summed E-state index contributed by atoms with van der Waals surface area (Å²) in [4.78, 5) is 14.0. The summed E-state index contributed by atoms with van der Waals surface area (Å²) < 4.78 is 5.76. The number of H-pyrrole nitrogens is 1. The van der Waals surface area contributed by atoms with Crippen molar-refractivity contribution in [2.75, 3.05) is 19.7 Å². The lowest BCUT2D eigenvalue weighted by Gasteiger charge is -2.40. The smallest absolute Gasteiger partial charge is 0.257 e. The van der Waals surface area contributed by atoms with E-state index in [1.54, 1.807) is 12.4 Å². The molecular weight excluding hydrogens is 218 g/mol.